The second-order valence-corrected chi connectivity index (χ2v) is 3.27. The number of alkyl halides is 2. The van der Waals surface area contributed by atoms with Gasteiger partial charge < -0.3 is 0 Å². The number of carbonyl (C=O) groups excluding carboxylic acids is 1. The van der Waals surface area contributed by atoms with E-state index >= 15 is 0 Å². The Morgan fingerprint density at radius 3 is 2.69 bits per heavy atom. The van der Waals surface area contributed by atoms with Crippen molar-refractivity contribution in [2.24, 2.45) is 0 Å². The lowest BCUT2D eigenvalue weighted by Gasteiger charge is -2.05. The minimum atomic E-state index is -2.67. The number of pyridine rings is 1. The van der Waals surface area contributed by atoms with Gasteiger partial charge in [0.1, 0.15) is 11.4 Å². The summed E-state index contributed by atoms with van der Waals surface area (Å²) in [5, 5.41) is 0. The molecule has 0 amide bonds. The van der Waals surface area contributed by atoms with E-state index in [0.717, 1.165) is 0 Å². The highest BCUT2D eigenvalue weighted by Gasteiger charge is 2.16. The molecule has 0 aliphatic heterocycles. The molecule has 1 heterocycles. The highest BCUT2D eigenvalue weighted by atomic mass is 79.9. The number of aryl methyl sites for hydroxylation is 1. The third kappa shape index (κ3) is 2.09. The van der Waals surface area contributed by atoms with Crippen molar-refractivity contribution >= 4 is 22.2 Å². The summed E-state index contributed by atoms with van der Waals surface area (Å²) in [6, 6.07) is 1.45. The molecule has 0 atom stereocenters. The van der Waals surface area contributed by atoms with E-state index in [2.05, 4.69) is 20.9 Å². The molecule has 0 unspecified atom stereocenters. The van der Waals surface area contributed by atoms with Gasteiger partial charge in [0.25, 0.3) is 6.43 Å². The van der Waals surface area contributed by atoms with Gasteiger partial charge in [-0.15, -0.1) is 0 Å². The molecule has 0 saturated heterocycles. The lowest BCUT2D eigenvalue weighted by atomic mass is 10.2. The molecule has 13 heavy (non-hydrogen) atoms. The second-order valence-electron chi connectivity index (χ2n) is 2.48. The number of carbonyl (C=O) groups is 1. The molecule has 0 spiro atoms. The molecule has 0 saturated carbocycles. The van der Waals surface area contributed by atoms with Crippen LogP contribution >= 0.6 is 15.9 Å². The SMILES string of the molecule is Cc1cc(C=O)nc(C(F)F)c1Br. The van der Waals surface area contributed by atoms with Gasteiger partial charge in [-0.1, -0.05) is 0 Å². The molecule has 0 N–H and O–H groups in total. The van der Waals surface area contributed by atoms with Gasteiger partial charge in [0.2, 0.25) is 0 Å². The number of aldehydes is 1. The van der Waals surface area contributed by atoms with Crippen LogP contribution in [0.4, 0.5) is 8.78 Å². The summed E-state index contributed by atoms with van der Waals surface area (Å²) in [4.78, 5) is 13.8. The summed E-state index contributed by atoms with van der Waals surface area (Å²) in [6.07, 6.45) is -2.22. The third-order valence-corrected chi connectivity index (χ3v) is 2.54. The van der Waals surface area contributed by atoms with Crippen LogP contribution in [-0.4, -0.2) is 11.3 Å². The summed E-state index contributed by atoms with van der Waals surface area (Å²) in [7, 11) is 0. The van der Waals surface area contributed by atoms with Crippen molar-refractivity contribution in [3.8, 4) is 0 Å². The number of rotatable bonds is 2. The molecule has 0 fully saturated rings. The average molecular weight is 250 g/mol. The lowest BCUT2D eigenvalue weighted by molar-refractivity contribution is 0.111. The van der Waals surface area contributed by atoms with E-state index in [4.69, 9.17) is 0 Å². The van der Waals surface area contributed by atoms with E-state index in [0.29, 0.717) is 11.8 Å². The van der Waals surface area contributed by atoms with Gasteiger partial charge in [-0.3, -0.25) is 4.79 Å². The van der Waals surface area contributed by atoms with E-state index in [-0.39, 0.29) is 15.9 Å². The van der Waals surface area contributed by atoms with Crippen LogP contribution in [0.15, 0.2) is 10.5 Å². The first-order valence-corrected chi connectivity index (χ1v) is 4.26. The van der Waals surface area contributed by atoms with E-state index < -0.39 is 6.43 Å². The maximum Gasteiger partial charge on any atom is 0.281 e. The monoisotopic (exact) mass is 249 g/mol. The topological polar surface area (TPSA) is 30.0 Å². The molecule has 0 bridgehead atoms. The number of halogens is 3. The molecular formula is C8H6BrF2NO. The molecule has 0 aliphatic rings. The molecule has 0 aromatic carbocycles. The van der Waals surface area contributed by atoms with E-state index in [1.54, 1.807) is 6.92 Å². The Morgan fingerprint density at radius 1 is 1.62 bits per heavy atom. The first kappa shape index (κ1) is 10.2. The van der Waals surface area contributed by atoms with Crippen LogP contribution < -0.4 is 0 Å². The van der Waals surface area contributed by atoms with Crippen LogP contribution in [-0.2, 0) is 0 Å². The second kappa shape index (κ2) is 3.91. The van der Waals surface area contributed by atoms with Gasteiger partial charge in [-0.2, -0.15) is 0 Å². The van der Waals surface area contributed by atoms with Gasteiger partial charge in [-0.25, -0.2) is 13.8 Å². The quantitative estimate of drug-likeness (QED) is 0.755. The summed E-state index contributed by atoms with van der Waals surface area (Å²) in [6.45, 7) is 1.63. The predicted molar refractivity (Wildman–Crippen MR) is 47.0 cm³/mol. The van der Waals surface area contributed by atoms with Gasteiger partial charge in [0, 0.05) is 4.47 Å². The summed E-state index contributed by atoms with van der Waals surface area (Å²) in [5.74, 6) is 0. The number of hydrogen-bond acceptors (Lipinski definition) is 2. The van der Waals surface area contributed by atoms with Crippen molar-refractivity contribution in [3.05, 3.63) is 27.5 Å². The molecule has 2 nitrogen and oxygen atoms in total. The highest BCUT2D eigenvalue weighted by Crippen LogP contribution is 2.28. The largest absolute Gasteiger partial charge is 0.296 e. The van der Waals surface area contributed by atoms with Crippen molar-refractivity contribution in [3.63, 3.8) is 0 Å². The Kier molecular flexibility index (Phi) is 3.08. The first-order valence-electron chi connectivity index (χ1n) is 3.46. The van der Waals surface area contributed by atoms with Crippen LogP contribution in [0.5, 0.6) is 0 Å². The van der Waals surface area contributed by atoms with Crippen LogP contribution in [0.3, 0.4) is 0 Å². The fraction of sp³-hybridized carbons (Fsp3) is 0.250. The average Bonchev–Trinajstić information content (AvgIpc) is 2.09. The van der Waals surface area contributed by atoms with Crippen molar-refractivity contribution in [2.75, 3.05) is 0 Å². The lowest BCUT2D eigenvalue weighted by Crippen LogP contribution is -1.98. The minimum absolute atomic E-state index is 0.0241. The van der Waals surface area contributed by atoms with E-state index in [1.807, 2.05) is 0 Å². The standard InChI is InChI=1S/C8H6BrF2NO/c1-4-2-5(3-13)12-7(6(4)9)8(10)11/h2-3,8H,1H3. The van der Waals surface area contributed by atoms with Crippen molar-refractivity contribution < 1.29 is 13.6 Å². The molecule has 1 aromatic rings. The Morgan fingerprint density at radius 2 is 2.23 bits per heavy atom. The molecule has 0 aliphatic carbocycles. The normalized spacial score (nSPS) is 10.5. The van der Waals surface area contributed by atoms with E-state index in [9.17, 15) is 13.6 Å². The highest BCUT2D eigenvalue weighted by molar-refractivity contribution is 9.10. The maximum absolute atomic E-state index is 12.3. The van der Waals surface area contributed by atoms with E-state index in [1.165, 1.54) is 6.07 Å². The number of hydrogen-bond donors (Lipinski definition) is 0. The van der Waals surface area contributed by atoms with Gasteiger partial charge in [0.05, 0.1) is 0 Å². The van der Waals surface area contributed by atoms with Crippen LogP contribution in [0.25, 0.3) is 0 Å². The zero-order chi connectivity index (χ0) is 10.0. The fourth-order valence-electron chi connectivity index (χ4n) is 0.913. The van der Waals surface area contributed by atoms with Gasteiger partial charge in [-0.05, 0) is 34.5 Å². The van der Waals surface area contributed by atoms with Crippen molar-refractivity contribution in [1.29, 1.82) is 0 Å². The summed E-state index contributed by atoms with van der Waals surface area (Å²) in [5.41, 5.74) is 0.213. The van der Waals surface area contributed by atoms with Crippen LogP contribution in [0.1, 0.15) is 28.2 Å². The third-order valence-electron chi connectivity index (χ3n) is 1.51. The Balaban J connectivity index is 3.32. The Hall–Kier alpha value is -0.840. The van der Waals surface area contributed by atoms with Gasteiger partial charge in [0.15, 0.2) is 6.29 Å². The van der Waals surface area contributed by atoms with Crippen LogP contribution in [0, 0.1) is 6.92 Å². The fourth-order valence-corrected chi connectivity index (χ4v) is 1.29. The Labute approximate surface area is 82.1 Å². The maximum atomic E-state index is 12.3. The minimum Gasteiger partial charge on any atom is -0.296 e. The molecule has 0 radical (unpaired) electrons. The van der Waals surface area contributed by atoms with Crippen LogP contribution in [0.2, 0.25) is 0 Å². The predicted octanol–water partition coefficient (Wildman–Crippen LogP) is 2.90. The zero-order valence-corrected chi connectivity index (χ0v) is 8.31. The Bertz CT molecular complexity index is 341. The molecular weight excluding hydrogens is 244 g/mol. The zero-order valence-electron chi connectivity index (χ0n) is 6.72. The van der Waals surface area contributed by atoms with Gasteiger partial charge >= 0.3 is 0 Å². The summed E-state index contributed by atoms with van der Waals surface area (Å²) >= 11 is 2.99. The first-order chi connectivity index (χ1) is 6.06. The summed E-state index contributed by atoms with van der Waals surface area (Å²) < 4.78 is 24.9. The van der Waals surface area contributed by atoms with Crippen molar-refractivity contribution in [1.82, 2.24) is 4.98 Å². The van der Waals surface area contributed by atoms with Crippen molar-refractivity contribution in [2.45, 2.75) is 13.3 Å². The molecule has 1 rings (SSSR count). The molecule has 70 valence electrons. The number of nitrogens with zero attached hydrogens (tertiary/aromatic N) is 1. The smallest absolute Gasteiger partial charge is 0.281 e. The molecule has 1 aromatic heterocycles. The number of aromatic nitrogens is 1. The molecule has 5 heteroatoms.